The Labute approximate surface area is 510 Å². The molecule has 478 valence electrons. The molecule has 6 nitrogen and oxygen atoms in total. The molecular formula is C76H138O6. The van der Waals surface area contributed by atoms with Crippen molar-refractivity contribution < 1.29 is 28.6 Å². The molecule has 0 bridgehead atoms. The fourth-order valence-electron chi connectivity index (χ4n) is 10.8. The minimum Gasteiger partial charge on any atom is -0.462 e. The van der Waals surface area contributed by atoms with Crippen molar-refractivity contribution in [1.82, 2.24) is 0 Å². The zero-order valence-electron chi connectivity index (χ0n) is 55.0. The molecule has 0 fully saturated rings. The van der Waals surface area contributed by atoms with E-state index in [4.69, 9.17) is 14.2 Å². The summed E-state index contributed by atoms with van der Waals surface area (Å²) in [6, 6.07) is 0. The van der Waals surface area contributed by atoms with Crippen molar-refractivity contribution in [2.24, 2.45) is 0 Å². The maximum Gasteiger partial charge on any atom is 0.306 e. The van der Waals surface area contributed by atoms with Crippen molar-refractivity contribution in [3.63, 3.8) is 0 Å². The molecule has 0 rings (SSSR count). The number of unbranched alkanes of at least 4 members (excludes halogenated alkanes) is 46. The molecule has 6 heteroatoms. The van der Waals surface area contributed by atoms with Gasteiger partial charge in [-0.3, -0.25) is 14.4 Å². The van der Waals surface area contributed by atoms with Gasteiger partial charge in [0.15, 0.2) is 6.10 Å². The van der Waals surface area contributed by atoms with Gasteiger partial charge in [0.05, 0.1) is 0 Å². The predicted molar refractivity (Wildman–Crippen MR) is 358 cm³/mol. The molecule has 0 N–H and O–H groups in total. The van der Waals surface area contributed by atoms with Gasteiger partial charge in [-0.25, -0.2) is 0 Å². The van der Waals surface area contributed by atoms with Crippen LogP contribution in [0.4, 0.5) is 0 Å². The topological polar surface area (TPSA) is 78.9 Å². The lowest BCUT2D eigenvalue weighted by atomic mass is 10.0. The third-order valence-corrected chi connectivity index (χ3v) is 16.2. The van der Waals surface area contributed by atoms with Crippen molar-refractivity contribution in [2.75, 3.05) is 13.2 Å². The molecule has 0 heterocycles. The average Bonchev–Trinajstić information content (AvgIpc) is 3.47. The molecule has 0 spiro atoms. The molecule has 1 atom stereocenters. The van der Waals surface area contributed by atoms with E-state index in [9.17, 15) is 14.4 Å². The van der Waals surface area contributed by atoms with Crippen molar-refractivity contribution in [3.05, 3.63) is 60.8 Å². The molecule has 0 aromatic carbocycles. The lowest BCUT2D eigenvalue weighted by molar-refractivity contribution is -0.167. The van der Waals surface area contributed by atoms with Crippen molar-refractivity contribution >= 4 is 17.9 Å². The van der Waals surface area contributed by atoms with Gasteiger partial charge in [-0.2, -0.15) is 0 Å². The Hall–Kier alpha value is -2.89. The smallest absolute Gasteiger partial charge is 0.306 e. The normalized spacial score (nSPS) is 12.4. The zero-order valence-corrected chi connectivity index (χ0v) is 55.0. The predicted octanol–water partition coefficient (Wildman–Crippen LogP) is 25.1. The van der Waals surface area contributed by atoms with Crippen LogP contribution in [-0.2, 0) is 28.6 Å². The zero-order chi connectivity index (χ0) is 59.2. The first-order chi connectivity index (χ1) is 40.5. The average molecular weight is 1150 g/mol. The Morgan fingerprint density at radius 1 is 0.244 bits per heavy atom. The van der Waals surface area contributed by atoms with Gasteiger partial charge in [0.25, 0.3) is 0 Å². The molecule has 82 heavy (non-hydrogen) atoms. The van der Waals surface area contributed by atoms with Crippen LogP contribution in [0.15, 0.2) is 60.8 Å². The number of hydrogen-bond acceptors (Lipinski definition) is 6. The second-order valence-electron chi connectivity index (χ2n) is 24.5. The van der Waals surface area contributed by atoms with E-state index >= 15 is 0 Å². The summed E-state index contributed by atoms with van der Waals surface area (Å²) in [7, 11) is 0. The molecule has 1 unspecified atom stereocenters. The maximum atomic E-state index is 13.0. The number of ether oxygens (including phenoxy) is 3. The molecule has 0 saturated carbocycles. The van der Waals surface area contributed by atoms with Gasteiger partial charge in [0.1, 0.15) is 13.2 Å². The summed E-state index contributed by atoms with van der Waals surface area (Å²) in [6.07, 6.45) is 91.0. The van der Waals surface area contributed by atoms with Crippen LogP contribution in [0, 0.1) is 0 Å². The van der Waals surface area contributed by atoms with Gasteiger partial charge in [-0.15, -0.1) is 0 Å². The summed E-state index contributed by atoms with van der Waals surface area (Å²) in [4.78, 5) is 38.5. The molecule has 0 saturated heterocycles. The van der Waals surface area contributed by atoms with Gasteiger partial charge in [0.2, 0.25) is 0 Å². The number of allylic oxidation sites excluding steroid dienone is 10. The summed E-state index contributed by atoms with van der Waals surface area (Å²) in [5, 5.41) is 0. The van der Waals surface area contributed by atoms with E-state index in [1.807, 2.05) is 0 Å². The Balaban J connectivity index is 4.34. The second-order valence-corrected chi connectivity index (χ2v) is 24.5. The van der Waals surface area contributed by atoms with Crippen LogP contribution in [0.1, 0.15) is 387 Å². The third-order valence-electron chi connectivity index (χ3n) is 16.2. The molecule has 0 amide bonds. The minimum absolute atomic E-state index is 0.0729. The van der Waals surface area contributed by atoms with Crippen molar-refractivity contribution in [2.45, 2.75) is 393 Å². The summed E-state index contributed by atoms with van der Waals surface area (Å²) in [5.41, 5.74) is 0. The second kappa shape index (κ2) is 70.6. The highest BCUT2D eigenvalue weighted by molar-refractivity contribution is 5.71. The van der Waals surface area contributed by atoms with Gasteiger partial charge in [-0.05, 0) is 89.9 Å². The van der Waals surface area contributed by atoms with E-state index in [1.165, 1.54) is 270 Å². The molecule has 0 aromatic rings. The summed E-state index contributed by atoms with van der Waals surface area (Å²) < 4.78 is 17.0. The first-order valence-corrected chi connectivity index (χ1v) is 36.3. The van der Waals surface area contributed by atoms with Gasteiger partial charge < -0.3 is 14.2 Å². The number of carbonyl (C=O) groups excluding carboxylic acids is 3. The van der Waals surface area contributed by atoms with E-state index in [1.54, 1.807) is 0 Å². The fraction of sp³-hybridized carbons (Fsp3) is 0.829. The number of carbonyl (C=O) groups is 3. The number of hydrogen-bond donors (Lipinski definition) is 0. The van der Waals surface area contributed by atoms with Crippen molar-refractivity contribution in [3.8, 4) is 0 Å². The van der Waals surface area contributed by atoms with E-state index in [0.29, 0.717) is 19.3 Å². The van der Waals surface area contributed by atoms with E-state index in [0.717, 1.165) is 77.0 Å². The Kier molecular flexibility index (Phi) is 68.1. The van der Waals surface area contributed by atoms with Crippen molar-refractivity contribution in [1.29, 1.82) is 0 Å². The van der Waals surface area contributed by atoms with Crippen LogP contribution in [0.2, 0.25) is 0 Å². The van der Waals surface area contributed by atoms with E-state index in [2.05, 4.69) is 81.5 Å². The SMILES string of the molecule is CCCCCCC/C=C\C/C=C\C/C=C\CCCCCCCCCCCCC(=O)OCC(COC(=O)CCCCCCCCCCCCCCCCCCCC)OC(=O)CCCCCCCCCCC/C=C\C/C=C\CCCCCCC. The Morgan fingerprint density at radius 2 is 0.439 bits per heavy atom. The van der Waals surface area contributed by atoms with Gasteiger partial charge in [-0.1, -0.05) is 338 Å². The molecule has 0 aliphatic heterocycles. The number of esters is 3. The largest absolute Gasteiger partial charge is 0.462 e. The van der Waals surface area contributed by atoms with Gasteiger partial charge in [0, 0.05) is 19.3 Å². The minimum atomic E-state index is -0.779. The number of rotatable bonds is 67. The fourth-order valence-corrected chi connectivity index (χ4v) is 10.8. The summed E-state index contributed by atoms with van der Waals surface area (Å²) >= 11 is 0. The molecule has 0 radical (unpaired) electrons. The molecule has 0 aliphatic carbocycles. The highest BCUT2D eigenvalue weighted by atomic mass is 16.6. The standard InChI is InChI=1S/C76H138O6/c1-4-7-10-13-16-19-22-25-28-31-34-36-37-38-39-41-42-45-48-51-54-57-60-63-66-69-75(78)81-72-73(71-80-74(77)68-65-62-59-56-53-50-47-44-33-30-27-24-21-18-15-12-9-6-3)82-76(79)70-67-64-61-58-55-52-49-46-43-40-35-32-29-26-23-20-17-14-11-8-5-2/h22-23,25-26,31-32,34-35,37-38,73H,4-21,24,27-30,33,36,39-72H2,1-3H3/b25-22-,26-23-,34-31-,35-32-,38-37-. The summed E-state index contributed by atoms with van der Waals surface area (Å²) in [6.45, 7) is 6.68. The van der Waals surface area contributed by atoms with Crippen LogP contribution in [0.3, 0.4) is 0 Å². The quantitative estimate of drug-likeness (QED) is 0.0261. The lowest BCUT2D eigenvalue weighted by Gasteiger charge is -2.18. The summed E-state index contributed by atoms with van der Waals surface area (Å²) in [5.74, 6) is -0.855. The third kappa shape index (κ3) is 67.9. The first kappa shape index (κ1) is 79.1. The monoisotopic (exact) mass is 1150 g/mol. The van der Waals surface area contributed by atoms with Gasteiger partial charge >= 0.3 is 17.9 Å². The first-order valence-electron chi connectivity index (χ1n) is 36.3. The van der Waals surface area contributed by atoms with Crippen LogP contribution in [0.5, 0.6) is 0 Å². The van der Waals surface area contributed by atoms with Crippen LogP contribution in [0.25, 0.3) is 0 Å². The molecular weight excluding hydrogens is 1010 g/mol. The lowest BCUT2D eigenvalue weighted by Crippen LogP contribution is -2.30. The highest BCUT2D eigenvalue weighted by Crippen LogP contribution is 2.18. The molecule has 0 aliphatic rings. The molecule has 0 aromatic heterocycles. The van der Waals surface area contributed by atoms with Crippen LogP contribution >= 0.6 is 0 Å². The highest BCUT2D eigenvalue weighted by Gasteiger charge is 2.19. The Morgan fingerprint density at radius 3 is 0.683 bits per heavy atom. The van der Waals surface area contributed by atoms with E-state index in [-0.39, 0.29) is 31.1 Å². The van der Waals surface area contributed by atoms with Crippen LogP contribution in [-0.4, -0.2) is 37.2 Å². The maximum absolute atomic E-state index is 13.0. The van der Waals surface area contributed by atoms with Crippen LogP contribution < -0.4 is 0 Å². The van der Waals surface area contributed by atoms with E-state index < -0.39 is 6.10 Å². The Bertz CT molecular complexity index is 1460.